The fourth-order valence-corrected chi connectivity index (χ4v) is 2.44. The van der Waals surface area contributed by atoms with E-state index >= 15 is 0 Å². The van der Waals surface area contributed by atoms with Crippen molar-refractivity contribution < 1.29 is 4.79 Å². The van der Waals surface area contributed by atoms with Crippen molar-refractivity contribution in [2.24, 2.45) is 23.2 Å². The largest absolute Gasteiger partial charge is 0.356 e. The molecular formula is C15H27NO. The van der Waals surface area contributed by atoms with Gasteiger partial charge in [0.2, 0.25) is 5.91 Å². The fraction of sp³-hybridized carbons (Fsp3) is 0.800. The van der Waals surface area contributed by atoms with Gasteiger partial charge >= 0.3 is 0 Å². The average molecular weight is 237 g/mol. The van der Waals surface area contributed by atoms with Crippen LogP contribution in [0.25, 0.3) is 0 Å². The Balaban J connectivity index is 2.46. The van der Waals surface area contributed by atoms with Crippen LogP contribution in [-0.4, -0.2) is 12.5 Å². The van der Waals surface area contributed by atoms with Gasteiger partial charge in [-0.2, -0.15) is 0 Å². The highest BCUT2D eigenvalue weighted by molar-refractivity contribution is 5.83. The van der Waals surface area contributed by atoms with E-state index < -0.39 is 0 Å². The summed E-state index contributed by atoms with van der Waals surface area (Å²) in [6.45, 7) is 13.7. The molecule has 0 saturated heterocycles. The number of carbonyl (C=O) groups is 1. The maximum absolute atomic E-state index is 12.1. The van der Waals surface area contributed by atoms with Crippen molar-refractivity contribution >= 4 is 5.91 Å². The Kier molecular flexibility index (Phi) is 4.40. The summed E-state index contributed by atoms with van der Waals surface area (Å²) < 4.78 is 0. The lowest BCUT2D eigenvalue weighted by Crippen LogP contribution is -2.28. The van der Waals surface area contributed by atoms with Gasteiger partial charge in [0, 0.05) is 6.54 Å². The molecule has 1 rings (SSSR count). The standard InChI is InChI=1S/C15H27NO/c1-10(2)7-8-16-14(17)13-12(9-11(3)4)15(13,5)6/h9-10,12-13H,7-8H2,1-6H3,(H,16,17). The summed E-state index contributed by atoms with van der Waals surface area (Å²) in [5.41, 5.74) is 1.44. The predicted octanol–water partition coefficient (Wildman–Crippen LogP) is 3.39. The van der Waals surface area contributed by atoms with Gasteiger partial charge in [-0.25, -0.2) is 0 Å². The number of allylic oxidation sites excluding steroid dienone is 2. The van der Waals surface area contributed by atoms with Gasteiger partial charge in [0.25, 0.3) is 0 Å². The second-order valence-corrected chi connectivity index (χ2v) is 6.54. The zero-order chi connectivity index (χ0) is 13.2. The number of hydrogen-bond donors (Lipinski definition) is 1. The fourth-order valence-electron chi connectivity index (χ4n) is 2.44. The predicted molar refractivity (Wildman–Crippen MR) is 72.7 cm³/mol. The van der Waals surface area contributed by atoms with Crippen LogP contribution >= 0.6 is 0 Å². The smallest absolute Gasteiger partial charge is 0.224 e. The minimum absolute atomic E-state index is 0.138. The Morgan fingerprint density at radius 3 is 2.41 bits per heavy atom. The molecule has 17 heavy (non-hydrogen) atoms. The highest BCUT2D eigenvalue weighted by Crippen LogP contribution is 2.59. The molecule has 0 aliphatic heterocycles. The molecule has 0 heterocycles. The van der Waals surface area contributed by atoms with Crippen molar-refractivity contribution in [1.29, 1.82) is 0 Å². The van der Waals surface area contributed by atoms with Crippen LogP contribution in [0.5, 0.6) is 0 Å². The van der Waals surface area contributed by atoms with Gasteiger partial charge in [0.1, 0.15) is 0 Å². The third-order valence-corrected chi connectivity index (χ3v) is 3.73. The first-order valence-corrected chi connectivity index (χ1v) is 6.69. The second kappa shape index (κ2) is 5.24. The topological polar surface area (TPSA) is 29.1 Å². The van der Waals surface area contributed by atoms with E-state index in [-0.39, 0.29) is 17.2 Å². The first-order chi connectivity index (χ1) is 7.76. The quantitative estimate of drug-likeness (QED) is 0.730. The van der Waals surface area contributed by atoms with Gasteiger partial charge in [-0.05, 0) is 37.5 Å². The van der Waals surface area contributed by atoms with Gasteiger partial charge in [0.15, 0.2) is 0 Å². The van der Waals surface area contributed by atoms with Crippen LogP contribution in [0.15, 0.2) is 11.6 Å². The van der Waals surface area contributed by atoms with Gasteiger partial charge in [-0.15, -0.1) is 0 Å². The Morgan fingerprint density at radius 2 is 1.94 bits per heavy atom. The summed E-state index contributed by atoms with van der Waals surface area (Å²) in [6.07, 6.45) is 3.30. The van der Waals surface area contributed by atoms with Crippen LogP contribution < -0.4 is 5.32 Å². The first kappa shape index (κ1) is 14.3. The first-order valence-electron chi connectivity index (χ1n) is 6.69. The molecule has 0 aromatic rings. The zero-order valence-corrected chi connectivity index (χ0v) is 12.1. The zero-order valence-electron chi connectivity index (χ0n) is 12.1. The Hall–Kier alpha value is -0.790. The van der Waals surface area contributed by atoms with Crippen LogP contribution in [0.2, 0.25) is 0 Å². The van der Waals surface area contributed by atoms with E-state index in [9.17, 15) is 4.79 Å². The van der Waals surface area contributed by atoms with E-state index in [2.05, 4.69) is 52.9 Å². The van der Waals surface area contributed by atoms with E-state index in [1.165, 1.54) is 5.57 Å². The molecule has 2 nitrogen and oxygen atoms in total. The molecule has 0 spiro atoms. The van der Waals surface area contributed by atoms with E-state index in [1.54, 1.807) is 0 Å². The summed E-state index contributed by atoms with van der Waals surface area (Å²) >= 11 is 0. The summed E-state index contributed by atoms with van der Waals surface area (Å²) in [5, 5.41) is 3.07. The Labute approximate surface area is 106 Å². The lowest BCUT2D eigenvalue weighted by atomic mass is 10.1. The molecule has 0 aromatic heterocycles. The Bertz CT molecular complexity index is 311. The molecule has 0 radical (unpaired) electrons. The molecule has 1 N–H and O–H groups in total. The molecule has 0 aromatic carbocycles. The van der Waals surface area contributed by atoms with Crippen LogP contribution in [-0.2, 0) is 4.79 Å². The van der Waals surface area contributed by atoms with Crippen LogP contribution in [0, 0.1) is 23.2 Å². The minimum Gasteiger partial charge on any atom is -0.356 e. The lowest BCUT2D eigenvalue weighted by Gasteiger charge is -2.07. The monoisotopic (exact) mass is 237 g/mol. The lowest BCUT2D eigenvalue weighted by molar-refractivity contribution is -0.123. The summed E-state index contributed by atoms with van der Waals surface area (Å²) in [5.74, 6) is 1.48. The Morgan fingerprint density at radius 1 is 1.35 bits per heavy atom. The van der Waals surface area contributed by atoms with Gasteiger partial charge < -0.3 is 5.32 Å². The molecule has 98 valence electrons. The third kappa shape index (κ3) is 3.58. The SMILES string of the molecule is CC(C)=CC1C(C(=O)NCCC(C)C)C1(C)C. The second-order valence-electron chi connectivity index (χ2n) is 6.54. The van der Waals surface area contributed by atoms with E-state index in [0.29, 0.717) is 11.8 Å². The van der Waals surface area contributed by atoms with Gasteiger partial charge in [-0.3, -0.25) is 4.79 Å². The normalized spacial score (nSPS) is 25.6. The molecule has 1 fully saturated rings. The van der Waals surface area contributed by atoms with Crippen molar-refractivity contribution in [3.63, 3.8) is 0 Å². The molecule has 1 amide bonds. The van der Waals surface area contributed by atoms with E-state index in [0.717, 1.165) is 13.0 Å². The molecule has 1 aliphatic carbocycles. The number of carbonyl (C=O) groups excluding carboxylic acids is 1. The maximum atomic E-state index is 12.1. The highest BCUT2D eigenvalue weighted by Gasteiger charge is 2.60. The summed E-state index contributed by atoms with van der Waals surface area (Å²) in [4.78, 5) is 12.1. The molecular weight excluding hydrogens is 210 g/mol. The number of amides is 1. The molecule has 2 heteroatoms. The number of rotatable bonds is 5. The van der Waals surface area contributed by atoms with Crippen molar-refractivity contribution in [3.8, 4) is 0 Å². The molecule has 1 aliphatic rings. The minimum atomic E-state index is 0.138. The van der Waals surface area contributed by atoms with Crippen molar-refractivity contribution in [2.45, 2.75) is 48.0 Å². The molecule has 2 atom stereocenters. The van der Waals surface area contributed by atoms with Gasteiger partial charge in [-0.1, -0.05) is 39.3 Å². The highest BCUT2D eigenvalue weighted by atomic mass is 16.2. The maximum Gasteiger partial charge on any atom is 0.224 e. The van der Waals surface area contributed by atoms with E-state index in [4.69, 9.17) is 0 Å². The third-order valence-electron chi connectivity index (χ3n) is 3.73. The summed E-state index contributed by atoms with van der Waals surface area (Å²) in [7, 11) is 0. The number of hydrogen-bond acceptors (Lipinski definition) is 1. The molecule has 1 saturated carbocycles. The van der Waals surface area contributed by atoms with Crippen LogP contribution in [0.3, 0.4) is 0 Å². The number of nitrogens with one attached hydrogen (secondary N) is 1. The van der Waals surface area contributed by atoms with Crippen molar-refractivity contribution in [2.75, 3.05) is 6.54 Å². The van der Waals surface area contributed by atoms with Crippen molar-refractivity contribution in [3.05, 3.63) is 11.6 Å². The van der Waals surface area contributed by atoms with Crippen LogP contribution in [0.1, 0.15) is 48.0 Å². The molecule has 0 bridgehead atoms. The van der Waals surface area contributed by atoms with Gasteiger partial charge in [0.05, 0.1) is 5.92 Å². The average Bonchev–Trinajstić information content (AvgIpc) is 2.66. The van der Waals surface area contributed by atoms with Crippen LogP contribution in [0.4, 0.5) is 0 Å². The molecule has 2 unspecified atom stereocenters. The van der Waals surface area contributed by atoms with E-state index in [1.807, 2.05) is 0 Å². The van der Waals surface area contributed by atoms with Crippen molar-refractivity contribution in [1.82, 2.24) is 5.32 Å². The summed E-state index contributed by atoms with van der Waals surface area (Å²) in [6, 6.07) is 0.